The number of aliphatic hydroxyl groups excluding tert-OH is 2. The van der Waals surface area contributed by atoms with Crippen LogP contribution in [0.2, 0.25) is 0 Å². The molecule has 2 atom stereocenters. The van der Waals surface area contributed by atoms with Gasteiger partial charge in [-0.3, -0.25) is 9.05 Å². The summed E-state index contributed by atoms with van der Waals surface area (Å²) in [4.78, 5) is 18.7. The Kier molecular flexibility index (Phi) is 24.1. The van der Waals surface area contributed by atoms with Gasteiger partial charge in [0, 0.05) is 0 Å². The van der Waals surface area contributed by atoms with Gasteiger partial charge in [0.1, 0.15) is 0 Å². The van der Waals surface area contributed by atoms with E-state index in [2.05, 4.69) is 26.5 Å². The van der Waals surface area contributed by atoms with Gasteiger partial charge in [0.25, 0.3) is 0 Å². The molecule has 0 amide bonds. The van der Waals surface area contributed by atoms with Crippen molar-refractivity contribution in [3.63, 3.8) is 0 Å². The molecule has 0 radical (unpaired) electrons. The van der Waals surface area contributed by atoms with E-state index in [1.54, 1.807) is 41.5 Å². The molecule has 0 spiro atoms. The van der Waals surface area contributed by atoms with Gasteiger partial charge in [-0.1, -0.05) is 53.7 Å². The summed E-state index contributed by atoms with van der Waals surface area (Å²) in [5, 5.41) is 15.5. The van der Waals surface area contributed by atoms with Gasteiger partial charge in [0.05, 0.1) is 26.4 Å². The molecule has 0 fully saturated rings. The first-order valence-corrected chi connectivity index (χ1v) is 12.2. The molecule has 0 aliphatic heterocycles. The fourth-order valence-corrected chi connectivity index (χ4v) is 3.25. The standard InChI is InChI=1S/C10H24O7P2.2C3H6O.O.Zr/c1-9(2,3)7-15-18(11,12)17-19(13,14)16-8-10(4,5)6;2*1-2-3-4;;/h7-8H2,1-6H3,(H,11,12)(H,13,14);2*2,4H,1,3H2;;. The molecule has 4 N–H and O–H groups in total. The van der Waals surface area contributed by atoms with Crippen LogP contribution in [0.1, 0.15) is 41.5 Å². The van der Waals surface area contributed by atoms with Gasteiger partial charge < -0.3 is 20.0 Å². The zero-order valence-corrected chi connectivity index (χ0v) is 22.3. The first kappa shape index (κ1) is 36.7. The molecule has 10 nitrogen and oxygen atoms in total. The Balaban J connectivity index is -0.000000260. The van der Waals surface area contributed by atoms with E-state index in [-0.39, 0.29) is 37.3 Å². The molecule has 0 aromatic rings. The summed E-state index contributed by atoms with van der Waals surface area (Å²) in [5.74, 6) is 0. The topological polar surface area (TPSA) is 160 Å². The van der Waals surface area contributed by atoms with E-state index in [9.17, 15) is 18.9 Å². The molecular weight excluding hydrogens is 505 g/mol. The van der Waals surface area contributed by atoms with Gasteiger partial charge in [-0.05, 0) is 10.8 Å². The second kappa shape index (κ2) is 19.1. The molecular formula is C16H36O10P2Zr. The SMILES string of the molecule is C=CCO.C=CCO.CC(C)(C)COP(=O)(O)OP(=O)(O)OCC(C)(C)C.[O]=[Zr]. The van der Waals surface area contributed by atoms with E-state index >= 15 is 0 Å². The summed E-state index contributed by atoms with van der Waals surface area (Å²) in [7, 11) is -9.26. The van der Waals surface area contributed by atoms with Crippen LogP contribution >= 0.6 is 15.6 Å². The quantitative estimate of drug-likeness (QED) is 0.264. The van der Waals surface area contributed by atoms with Gasteiger partial charge in [0.15, 0.2) is 0 Å². The van der Waals surface area contributed by atoms with Gasteiger partial charge in [-0.2, -0.15) is 4.31 Å². The average molecular weight is 542 g/mol. The molecule has 0 saturated heterocycles. The van der Waals surface area contributed by atoms with Crippen LogP contribution in [0.3, 0.4) is 0 Å². The first-order chi connectivity index (χ1) is 12.9. The second-order valence-corrected chi connectivity index (χ2v) is 10.7. The molecule has 0 rings (SSSR count). The van der Waals surface area contributed by atoms with Crippen LogP contribution in [0.5, 0.6) is 0 Å². The van der Waals surface area contributed by atoms with Gasteiger partial charge in [-0.15, -0.1) is 13.2 Å². The molecule has 0 aromatic carbocycles. The Labute approximate surface area is 189 Å². The molecule has 0 saturated carbocycles. The molecule has 0 aliphatic carbocycles. The zero-order valence-electron chi connectivity index (χ0n) is 18.0. The van der Waals surface area contributed by atoms with Gasteiger partial charge in [0.2, 0.25) is 0 Å². The number of aliphatic hydroxyl groups is 2. The average Bonchev–Trinajstić information content (AvgIpc) is 2.59. The fraction of sp³-hybridized carbons (Fsp3) is 0.750. The summed E-state index contributed by atoms with van der Waals surface area (Å²) < 4.78 is 44.8. The Morgan fingerprint density at radius 3 is 1.14 bits per heavy atom. The van der Waals surface area contributed by atoms with Crippen LogP contribution in [0.15, 0.2) is 25.3 Å². The van der Waals surface area contributed by atoms with Crippen molar-refractivity contribution in [2.45, 2.75) is 41.5 Å². The van der Waals surface area contributed by atoms with Crippen LogP contribution in [0.25, 0.3) is 0 Å². The maximum atomic E-state index is 11.5. The minimum absolute atomic E-state index is 0.0833. The van der Waals surface area contributed by atoms with E-state index in [0.717, 1.165) is 0 Å². The monoisotopic (exact) mass is 540 g/mol. The molecule has 0 aromatic heterocycles. The number of hydrogen-bond acceptors (Lipinski definition) is 8. The van der Waals surface area contributed by atoms with Crippen molar-refractivity contribution in [3.05, 3.63) is 25.3 Å². The van der Waals surface area contributed by atoms with E-state index in [1.165, 1.54) is 12.2 Å². The predicted molar refractivity (Wildman–Crippen MR) is 107 cm³/mol. The number of hydrogen-bond donors (Lipinski definition) is 4. The molecule has 2 unspecified atom stereocenters. The van der Waals surface area contributed by atoms with E-state index in [1.807, 2.05) is 0 Å². The Bertz CT molecular complexity index is 471. The van der Waals surface area contributed by atoms with Gasteiger partial charge >= 0.3 is 43.2 Å². The van der Waals surface area contributed by atoms with Crippen molar-refractivity contribution in [2.24, 2.45) is 10.8 Å². The predicted octanol–water partition coefficient (Wildman–Crippen LogP) is 3.54. The third kappa shape index (κ3) is 39.4. The Hall–Kier alpha value is 0.343. The van der Waals surface area contributed by atoms with Crippen LogP contribution in [0, 0.1) is 10.8 Å². The molecule has 0 aliphatic rings. The number of phosphoric ester groups is 2. The van der Waals surface area contributed by atoms with Crippen LogP contribution < -0.4 is 0 Å². The van der Waals surface area contributed by atoms with Gasteiger partial charge in [-0.25, -0.2) is 9.13 Å². The first-order valence-electron chi connectivity index (χ1n) is 8.25. The molecule has 0 bridgehead atoms. The molecule has 0 heterocycles. The molecule has 174 valence electrons. The normalized spacial score (nSPS) is 14.8. The van der Waals surface area contributed by atoms with E-state index in [4.69, 9.17) is 13.0 Å². The van der Waals surface area contributed by atoms with Crippen molar-refractivity contribution >= 4 is 15.6 Å². The van der Waals surface area contributed by atoms with E-state index < -0.39 is 15.6 Å². The second-order valence-electron chi connectivity index (χ2n) is 7.63. The summed E-state index contributed by atoms with van der Waals surface area (Å²) in [6.45, 7) is 17.1. The molecule has 29 heavy (non-hydrogen) atoms. The third-order valence-electron chi connectivity index (χ3n) is 1.79. The van der Waals surface area contributed by atoms with Crippen LogP contribution in [-0.4, -0.2) is 46.4 Å². The maximum absolute atomic E-state index is 11.5. The number of phosphoric acid groups is 2. The Morgan fingerprint density at radius 2 is 1.00 bits per heavy atom. The van der Waals surface area contributed by atoms with Crippen LogP contribution in [0.4, 0.5) is 0 Å². The van der Waals surface area contributed by atoms with Crippen molar-refractivity contribution in [3.8, 4) is 0 Å². The van der Waals surface area contributed by atoms with Crippen molar-refractivity contribution in [1.82, 2.24) is 0 Å². The fourth-order valence-electron chi connectivity index (χ4n) is 0.728. The van der Waals surface area contributed by atoms with Crippen molar-refractivity contribution in [2.75, 3.05) is 26.4 Å². The van der Waals surface area contributed by atoms with E-state index in [0.29, 0.717) is 24.7 Å². The number of rotatable bonds is 8. The summed E-state index contributed by atoms with van der Waals surface area (Å²) in [6, 6.07) is 0. The van der Waals surface area contributed by atoms with Crippen LogP contribution in [-0.2, 0) is 50.0 Å². The summed E-state index contributed by atoms with van der Waals surface area (Å²) in [6.07, 6.45) is 2.86. The Morgan fingerprint density at radius 1 is 0.793 bits per heavy atom. The summed E-state index contributed by atoms with van der Waals surface area (Å²) >= 11 is 0.300. The molecule has 13 heteroatoms. The summed E-state index contributed by atoms with van der Waals surface area (Å²) in [5.41, 5.74) is -0.763. The van der Waals surface area contributed by atoms with Crippen molar-refractivity contribution < 1.29 is 70.0 Å². The minimum atomic E-state index is -4.63. The third-order valence-corrected chi connectivity index (χ3v) is 4.35. The zero-order chi connectivity index (χ0) is 24.4. The van der Waals surface area contributed by atoms with Crippen molar-refractivity contribution in [1.29, 1.82) is 0 Å².